The van der Waals surface area contributed by atoms with Crippen molar-refractivity contribution in [3.8, 4) is 0 Å². The van der Waals surface area contributed by atoms with Crippen molar-refractivity contribution in [3.05, 3.63) is 33.9 Å². The van der Waals surface area contributed by atoms with E-state index in [1.165, 1.54) is 0 Å². The van der Waals surface area contributed by atoms with Crippen molar-refractivity contribution in [2.75, 3.05) is 31.7 Å². The van der Waals surface area contributed by atoms with Gasteiger partial charge in [0.25, 0.3) is 5.69 Å². The SMILES string of the molecule is COCC1CCN(c2ccc(CBr)cc2[N+](=O)[O-])CC1. The van der Waals surface area contributed by atoms with Gasteiger partial charge in [-0.3, -0.25) is 10.1 Å². The van der Waals surface area contributed by atoms with Gasteiger partial charge in [-0.15, -0.1) is 0 Å². The molecule has 2 rings (SSSR count). The lowest BCUT2D eigenvalue weighted by Crippen LogP contribution is -2.35. The fraction of sp³-hybridized carbons (Fsp3) is 0.571. The van der Waals surface area contributed by atoms with Gasteiger partial charge in [-0.05, 0) is 30.4 Å². The van der Waals surface area contributed by atoms with Crippen LogP contribution in [0.2, 0.25) is 0 Å². The maximum absolute atomic E-state index is 11.2. The number of nitrogens with zero attached hydrogens (tertiary/aromatic N) is 2. The third kappa shape index (κ3) is 3.49. The monoisotopic (exact) mass is 342 g/mol. The van der Waals surface area contributed by atoms with Gasteiger partial charge < -0.3 is 9.64 Å². The molecule has 110 valence electrons. The topological polar surface area (TPSA) is 55.6 Å². The highest BCUT2D eigenvalue weighted by molar-refractivity contribution is 9.08. The van der Waals surface area contributed by atoms with Crippen LogP contribution in [-0.2, 0) is 10.1 Å². The van der Waals surface area contributed by atoms with E-state index in [1.54, 1.807) is 13.2 Å². The third-order valence-corrected chi connectivity index (χ3v) is 4.40. The minimum atomic E-state index is -0.289. The molecule has 1 aromatic carbocycles. The average Bonchev–Trinajstić information content (AvgIpc) is 2.48. The van der Waals surface area contributed by atoms with E-state index in [0.29, 0.717) is 11.2 Å². The number of methoxy groups -OCH3 is 1. The van der Waals surface area contributed by atoms with Crippen LogP contribution in [0.4, 0.5) is 11.4 Å². The smallest absolute Gasteiger partial charge is 0.292 e. The average molecular weight is 343 g/mol. The van der Waals surface area contributed by atoms with Crippen LogP contribution in [0.3, 0.4) is 0 Å². The van der Waals surface area contributed by atoms with Crippen LogP contribution < -0.4 is 4.90 Å². The molecule has 0 atom stereocenters. The van der Waals surface area contributed by atoms with Crippen LogP contribution in [0.25, 0.3) is 0 Å². The maximum atomic E-state index is 11.2. The molecule has 1 fully saturated rings. The van der Waals surface area contributed by atoms with Crippen molar-refractivity contribution >= 4 is 27.3 Å². The van der Waals surface area contributed by atoms with Crippen LogP contribution in [0.5, 0.6) is 0 Å². The van der Waals surface area contributed by atoms with Gasteiger partial charge in [-0.25, -0.2) is 0 Å². The number of halogens is 1. The van der Waals surface area contributed by atoms with Gasteiger partial charge in [0.1, 0.15) is 5.69 Å². The first-order chi connectivity index (χ1) is 9.65. The number of ether oxygens (including phenoxy) is 1. The van der Waals surface area contributed by atoms with Gasteiger partial charge in [0.15, 0.2) is 0 Å². The van der Waals surface area contributed by atoms with E-state index < -0.39 is 0 Å². The second-order valence-corrected chi connectivity index (χ2v) is 5.66. The van der Waals surface area contributed by atoms with E-state index in [1.807, 2.05) is 12.1 Å². The molecule has 0 amide bonds. The summed E-state index contributed by atoms with van der Waals surface area (Å²) in [6.45, 7) is 2.48. The number of hydrogen-bond acceptors (Lipinski definition) is 4. The number of alkyl halides is 1. The Labute approximate surface area is 127 Å². The summed E-state index contributed by atoms with van der Waals surface area (Å²) in [4.78, 5) is 13.1. The second kappa shape index (κ2) is 7.04. The van der Waals surface area contributed by atoms with Gasteiger partial charge in [0, 0.05) is 38.2 Å². The summed E-state index contributed by atoms with van der Waals surface area (Å²) in [5.41, 5.74) is 1.86. The van der Waals surface area contributed by atoms with Gasteiger partial charge in [0.05, 0.1) is 4.92 Å². The molecule has 1 heterocycles. The molecule has 6 heteroatoms. The predicted molar refractivity (Wildman–Crippen MR) is 82.5 cm³/mol. The largest absolute Gasteiger partial charge is 0.384 e. The molecular weight excluding hydrogens is 324 g/mol. The van der Waals surface area contributed by atoms with Crippen molar-refractivity contribution in [2.24, 2.45) is 5.92 Å². The van der Waals surface area contributed by atoms with Crippen LogP contribution >= 0.6 is 15.9 Å². The summed E-state index contributed by atoms with van der Waals surface area (Å²) in [6.07, 6.45) is 2.04. The summed E-state index contributed by atoms with van der Waals surface area (Å²) in [5.74, 6) is 0.567. The van der Waals surface area contributed by atoms with Gasteiger partial charge in [0.2, 0.25) is 0 Å². The Morgan fingerprint density at radius 3 is 2.70 bits per heavy atom. The Bertz CT molecular complexity index is 473. The minimum absolute atomic E-state index is 0.201. The maximum Gasteiger partial charge on any atom is 0.292 e. The molecule has 0 aromatic heterocycles. The lowest BCUT2D eigenvalue weighted by Gasteiger charge is -2.33. The number of nitro benzene ring substituents is 1. The zero-order valence-electron chi connectivity index (χ0n) is 11.5. The quantitative estimate of drug-likeness (QED) is 0.467. The Kier molecular flexibility index (Phi) is 5.37. The molecule has 0 radical (unpaired) electrons. The molecule has 1 aromatic rings. The molecule has 0 saturated carbocycles. The first-order valence-electron chi connectivity index (χ1n) is 6.73. The second-order valence-electron chi connectivity index (χ2n) is 5.10. The number of nitro groups is 1. The van der Waals surface area contributed by atoms with E-state index >= 15 is 0 Å². The lowest BCUT2D eigenvalue weighted by molar-refractivity contribution is -0.384. The number of rotatable bonds is 5. The van der Waals surface area contributed by atoms with Crippen molar-refractivity contribution in [1.29, 1.82) is 0 Å². The zero-order chi connectivity index (χ0) is 14.5. The lowest BCUT2D eigenvalue weighted by atomic mass is 9.97. The molecule has 0 unspecified atom stereocenters. The fourth-order valence-electron chi connectivity index (χ4n) is 2.64. The van der Waals surface area contributed by atoms with E-state index in [2.05, 4.69) is 20.8 Å². The molecule has 1 aliphatic heterocycles. The molecule has 1 aliphatic rings. The summed E-state index contributed by atoms with van der Waals surface area (Å²) in [7, 11) is 1.72. The number of piperidine rings is 1. The molecular formula is C14H19BrN2O3. The van der Waals surface area contributed by atoms with E-state index in [-0.39, 0.29) is 10.6 Å². The first kappa shape index (κ1) is 15.3. The van der Waals surface area contributed by atoms with Gasteiger partial charge in [-0.1, -0.05) is 22.0 Å². The highest BCUT2D eigenvalue weighted by Crippen LogP contribution is 2.32. The number of anilines is 1. The van der Waals surface area contributed by atoms with Crippen LogP contribution in [0.15, 0.2) is 18.2 Å². The Morgan fingerprint density at radius 1 is 1.45 bits per heavy atom. The Balaban J connectivity index is 2.15. The minimum Gasteiger partial charge on any atom is -0.384 e. The molecule has 0 N–H and O–H groups in total. The van der Waals surface area contributed by atoms with Crippen molar-refractivity contribution in [3.63, 3.8) is 0 Å². The highest BCUT2D eigenvalue weighted by Gasteiger charge is 2.24. The molecule has 20 heavy (non-hydrogen) atoms. The van der Waals surface area contributed by atoms with Crippen molar-refractivity contribution in [2.45, 2.75) is 18.2 Å². The van der Waals surface area contributed by atoms with Crippen LogP contribution in [0.1, 0.15) is 18.4 Å². The molecule has 5 nitrogen and oxygen atoms in total. The van der Waals surface area contributed by atoms with E-state index in [9.17, 15) is 10.1 Å². The normalized spacial score (nSPS) is 16.4. The molecule has 0 spiro atoms. The molecule has 0 bridgehead atoms. The van der Waals surface area contributed by atoms with Crippen molar-refractivity contribution < 1.29 is 9.66 Å². The van der Waals surface area contributed by atoms with Crippen LogP contribution in [-0.4, -0.2) is 31.7 Å². The molecule has 0 aliphatic carbocycles. The Morgan fingerprint density at radius 2 is 2.15 bits per heavy atom. The number of hydrogen-bond donors (Lipinski definition) is 0. The molecule has 1 saturated heterocycles. The zero-order valence-corrected chi connectivity index (χ0v) is 13.1. The highest BCUT2D eigenvalue weighted by atomic mass is 79.9. The summed E-state index contributed by atoms with van der Waals surface area (Å²) < 4.78 is 5.18. The summed E-state index contributed by atoms with van der Waals surface area (Å²) in [6, 6.07) is 5.47. The summed E-state index contributed by atoms with van der Waals surface area (Å²) in [5, 5.41) is 11.9. The third-order valence-electron chi connectivity index (χ3n) is 3.75. The van der Waals surface area contributed by atoms with E-state index in [4.69, 9.17) is 4.74 Å². The van der Waals surface area contributed by atoms with E-state index in [0.717, 1.165) is 43.8 Å². The van der Waals surface area contributed by atoms with Crippen molar-refractivity contribution in [1.82, 2.24) is 0 Å². The van der Waals surface area contributed by atoms with Gasteiger partial charge >= 0.3 is 0 Å². The first-order valence-corrected chi connectivity index (χ1v) is 7.85. The fourth-order valence-corrected chi connectivity index (χ4v) is 2.99. The summed E-state index contributed by atoms with van der Waals surface area (Å²) >= 11 is 3.34. The van der Waals surface area contributed by atoms with Crippen LogP contribution in [0, 0.1) is 16.0 Å². The Hall–Kier alpha value is -1.14. The number of benzene rings is 1. The van der Waals surface area contributed by atoms with Gasteiger partial charge in [-0.2, -0.15) is 0 Å². The predicted octanol–water partition coefficient (Wildman–Crippen LogP) is 3.35. The standard InChI is InChI=1S/C14H19BrN2O3/c1-20-10-11-4-6-16(7-5-11)13-3-2-12(9-15)8-14(13)17(18)19/h2-3,8,11H,4-7,9-10H2,1H3.